The number of benzene rings is 6. The Morgan fingerprint density at radius 1 is 0.435 bits per heavy atom. The van der Waals surface area contributed by atoms with Crippen molar-refractivity contribution in [2.45, 2.75) is 39.5 Å². The van der Waals surface area contributed by atoms with Gasteiger partial charge >= 0.3 is 0 Å². The van der Waals surface area contributed by atoms with Gasteiger partial charge in [-0.05, 0) is 80.9 Å². The highest BCUT2D eigenvalue weighted by Gasteiger charge is 2.19. The van der Waals surface area contributed by atoms with E-state index in [2.05, 4.69) is 147 Å². The minimum atomic E-state index is 0.679. The number of ether oxygens (including phenoxy) is 2. The van der Waals surface area contributed by atoms with Crippen LogP contribution in [0.25, 0.3) is 57.0 Å². The van der Waals surface area contributed by atoms with Gasteiger partial charge in [-0.1, -0.05) is 148 Å². The summed E-state index contributed by atoms with van der Waals surface area (Å²) in [5.74, 6) is 1.80. The molecule has 6 rings (SSSR count). The minimum Gasteiger partial charge on any atom is -0.493 e. The highest BCUT2D eigenvalue weighted by Crippen LogP contribution is 2.46. The molecule has 0 spiro atoms. The van der Waals surface area contributed by atoms with Gasteiger partial charge in [0.15, 0.2) is 0 Å². The molecule has 0 atom stereocenters. The largest absolute Gasteiger partial charge is 0.493 e. The summed E-state index contributed by atoms with van der Waals surface area (Å²) in [4.78, 5) is 0. The molecule has 0 fully saturated rings. The number of unbranched alkanes of at least 4 members (excludes halogenated alkanes) is 2. The number of fused-ring (bicyclic) bond motifs is 2. The monoisotopic (exact) mass is 602 g/mol. The van der Waals surface area contributed by atoms with Crippen LogP contribution in [0.4, 0.5) is 0 Å². The van der Waals surface area contributed by atoms with Crippen LogP contribution in [0.5, 0.6) is 11.5 Å². The maximum absolute atomic E-state index is 6.54. The molecule has 230 valence electrons. The summed E-state index contributed by atoms with van der Waals surface area (Å²) in [6.45, 7) is 5.75. The fourth-order valence-electron chi connectivity index (χ4n) is 5.79. The summed E-state index contributed by atoms with van der Waals surface area (Å²) in [6.07, 6.45) is 12.9. The van der Waals surface area contributed by atoms with Gasteiger partial charge in [0, 0.05) is 11.1 Å². The van der Waals surface area contributed by atoms with Crippen molar-refractivity contribution in [2.24, 2.45) is 0 Å². The van der Waals surface area contributed by atoms with Crippen LogP contribution in [0.15, 0.2) is 121 Å². The van der Waals surface area contributed by atoms with Gasteiger partial charge in [-0.2, -0.15) is 0 Å². The average Bonchev–Trinajstić information content (AvgIpc) is 3.11. The van der Waals surface area contributed by atoms with E-state index in [1.54, 1.807) is 0 Å². The Morgan fingerprint density at radius 2 is 0.848 bits per heavy atom. The van der Waals surface area contributed by atoms with E-state index in [4.69, 9.17) is 9.47 Å². The molecule has 6 aromatic rings. The quantitative estimate of drug-likeness (QED) is 0.0967. The smallest absolute Gasteiger partial charge is 0.127 e. The summed E-state index contributed by atoms with van der Waals surface area (Å²) in [5.41, 5.74) is 6.88. The standard InChI is InChI=1S/C44H42O2/c1-3-5-29-45-41-27-23-37-31-35(19-17-33-13-9-7-10-14-33)21-25-39(37)43(41)44-40-26-22-36(20-18-34-15-11-8-12-16-34)32-38(40)24-28-42(44)46-30-6-4-2/h7-28,31-32H,3-6,29-30H2,1-2H3/b19-17-,20-18+. The van der Waals surface area contributed by atoms with Gasteiger partial charge in [0.25, 0.3) is 0 Å². The topological polar surface area (TPSA) is 18.5 Å². The van der Waals surface area contributed by atoms with Gasteiger partial charge < -0.3 is 9.47 Å². The van der Waals surface area contributed by atoms with Gasteiger partial charge in [-0.25, -0.2) is 0 Å². The Kier molecular flexibility index (Phi) is 10.3. The van der Waals surface area contributed by atoms with Gasteiger partial charge in [-0.3, -0.25) is 0 Å². The third-order valence-corrected chi connectivity index (χ3v) is 8.31. The van der Waals surface area contributed by atoms with Crippen molar-refractivity contribution in [1.82, 2.24) is 0 Å². The molecule has 0 heterocycles. The van der Waals surface area contributed by atoms with Crippen LogP contribution in [-0.4, -0.2) is 13.2 Å². The Hall–Kier alpha value is -5.08. The van der Waals surface area contributed by atoms with Crippen molar-refractivity contribution in [2.75, 3.05) is 13.2 Å². The molecule has 0 N–H and O–H groups in total. The molecular weight excluding hydrogens is 560 g/mol. The molecule has 0 amide bonds. The van der Waals surface area contributed by atoms with Crippen LogP contribution in [-0.2, 0) is 0 Å². The fourth-order valence-corrected chi connectivity index (χ4v) is 5.79. The van der Waals surface area contributed by atoms with E-state index in [0.29, 0.717) is 13.2 Å². The van der Waals surface area contributed by atoms with Gasteiger partial charge in [0.05, 0.1) is 13.2 Å². The average molecular weight is 603 g/mol. The molecule has 0 radical (unpaired) electrons. The van der Waals surface area contributed by atoms with Crippen LogP contribution < -0.4 is 9.47 Å². The third kappa shape index (κ3) is 7.41. The first kappa shape index (κ1) is 30.9. The maximum atomic E-state index is 6.54. The normalized spacial score (nSPS) is 11.6. The van der Waals surface area contributed by atoms with Crippen molar-refractivity contribution in [3.63, 3.8) is 0 Å². The van der Waals surface area contributed by atoms with Crippen molar-refractivity contribution in [3.8, 4) is 22.6 Å². The molecule has 0 unspecified atom stereocenters. The summed E-state index contributed by atoms with van der Waals surface area (Å²) >= 11 is 0. The van der Waals surface area contributed by atoms with Crippen LogP contribution in [0, 0.1) is 0 Å². The fraction of sp³-hybridized carbons (Fsp3) is 0.182. The Balaban J connectivity index is 1.49. The molecule has 0 bridgehead atoms. The van der Waals surface area contributed by atoms with Crippen LogP contribution in [0.1, 0.15) is 61.8 Å². The minimum absolute atomic E-state index is 0.679. The van der Waals surface area contributed by atoms with Gasteiger partial charge in [0.1, 0.15) is 11.5 Å². The van der Waals surface area contributed by atoms with Gasteiger partial charge in [0.2, 0.25) is 0 Å². The lowest BCUT2D eigenvalue weighted by Crippen LogP contribution is -2.02. The van der Waals surface area contributed by atoms with E-state index >= 15 is 0 Å². The zero-order valence-electron chi connectivity index (χ0n) is 26.9. The lowest BCUT2D eigenvalue weighted by atomic mass is 9.91. The maximum Gasteiger partial charge on any atom is 0.127 e. The second-order valence-electron chi connectivity index (χ2n) is 11.7. The number of hydrogen-bond donors (Lipinski definition) is 0. The molecular formula is C44H42O2. The van der Waals surface area contributed by atoms with E-state index in [9.17, 15) is 0 Å². The van der Waals surface area contributed by atoms with E-state index in [1.165, 1.54) is 21.9 Å². The highest BCUT2D eigenvalue weighted by molar-refractivity contribution is 6.10. The Labute approximate surface area is 273 Å². The molecule has 0 saturated heterocycles. The molecule has 0 aliphatic carbocycles. The first-order valence-corrected chi connectivity index (χ1v) is 16.6. The van der Waals surface area contributed by atoms with Crippen LogP contribution >= 0.6 is 0 Å². The summed E-state index contributed by atoms with van der Waals surface area (Å²) in [6, 6.07) is 43.0. The molecule has 0 saturated carbocycles. The Morgan fingerprint density at radius 3 is 1.26 bits per heavy atom. The summed E-state index contributed by atoms with van der Waals surface area (Å²) in [5, 5.41) is 4.66. The molecule has 46 heavy (non-hydrogen) atoms. The molecule has 2 nitrogen and oxygen atoms in total. The predicted molar refractivity (Wildman–Crippen MR) is 198 cm³/mol. The predicted octanol–water partition coefficient (Wildman–Crippen LogP) is 12.4. The SMILES string of the molecule is CCCCOc1ccc2cc(/C=C\c3ccccc3)ccc2c1-c1c(OCCCC)ccc2cc(/C=C/c3ccccc3)ccc12. The molecule has 0 aliphatic heterocycles. The second kappa shape index (κ2) is 15.3. The van der Waals surface area contributed by atoms with Crippen LogP contribution in [0.2, 0.25) is 0 Å². The van der Waals surface area contributed by atoms with E-state index in [1.807, 2.05) is 12.1 Å². The van der Waals surface area contributed by atoms with E-state index in [-0.39, 0.29) is 0 Å². The van der Waals surface area contributed by atoms with E-state index < -0.39 is 0 Å². The number of hydrogen-bond acceptors (Lipinski definition) is 2. The lowest BCUT2D eigenvalue weighted by molar-refractivity contribution is 0.306. The van der Waals surface area contributed by atoms with Crippen molar-refractivity contribution < 1.29 is 9.47 Å². The van der Waals surface area contributed by atoms with E-state index in [0.717, 1.165) is 70.2 Å². The first-order chi connectivity index (χ1) is 22.7. The lowest BCUT2D eigenvalue weighted by Gasteiger charge is -2.20. The third-order valence-electron chi connectivity index (χ3n) is 8.31. The highest BCUT2D eigenvalue weighted by atomic mass is 16.5. The van der Waals surface area contributed by atoms with Gasteiger partial charge in [-0.15, -0.1) is 0 Å². The molecule has 0 aromatic heterocycles. The van der Waals surface area contributed by atoms with Crippen molar-refractivity contribution in [3.05, 3.63) is 144 Å². The molecule has 0 aliphatic rings. The zero-order chi connectivity index (χ0) is 31.6. The molecule has 6 aromatic carbocycles. The second-order valence-corrected chi connectivity index (χ2v) is 11.7. The first-order valence-electron chi connectivity index (χ1n) is 16.6. The number of rotatable bonds is 13. The van der Waals surface area contributed by atoms with Crippen molar-refractivity contribution in [1.29, 1.82) is 0 Å². The van der Waals surface area contributed by atoms with Crippen LogP contribution in [0.3, 0.4) is 0 Å². The molecule has 2 heteroatoms. The summed E-state index contributed by atoms with van der Waals surface area (Å²) < 4.78 is 13.1. The Bertz CT molecular complexity index is 1810. The zero-order valence-corrected chi connectivity index (χ0v) is 26.9. The van der Waals surface area contributed by atoms with Crippen molar-refractivity contribution >= 4 is 45.8 Å². The summed E-state index contributed by atoms with van der Waals surface area (Å²) in [7, 11) is 0.